The Morgan fingerprint density at radius 3 is 2.43 bits per heavy atom. The van der Waals surface area contributed by atoms with Gasteiger partial charge in [-0.25, -0.2) is 0 Å². The van der Waals surface area contributed by atoms with Gasteiger partial charge in [-0.1, -0.05) is 59.8 Å². The first-order valence-corrected chi connectivity index (χ1v) is 8.45. The first-order valence-electron chi connectivity index (χ1n) is 7.25. The third-order valence-corrected chi connectivity index (χ3v) is 4.80. The predicted molar refractivity (Wildman–Crippen MR) is 97.5 cm³/mol. The fraction of sp³-hybridized carbons (Fsp3) is 0.0526. The summed E-state index contributed by atoms with van der Waals surface area (Å²) in [6.07, 6.45) is 0. The van der Waals surface area contributed by atoms with E-state index in [1.807, 2.05) is 36.4 Å². The topological polar surface area (TPSA) is 32.3 Å². The minimum absolute atomic E-state index is 0.0947. The molecule has 0 unspecified atom stereocenters. The van der Waals surface area contributed by atoms with E-state index < -0.39 is 0 Å². The summed E-state index contributed by atoms with van der Waals surface area (Å²) < 4.78 is 0. The lowest BCUT2D eigenvalue weighted by molar-refractivity contribution is 0.475. The third-order valence-electron chi connectivity index (χ3n) is 3.37. The van der Waals surface area contributed by atoms with Gasteiger partial charge in [-0.2, -0.15) is 0 Å². The zero-order valence-corrected chi connectivity index (χ0v) is 13.9. The second-order valence-corrected chi connectivity index (χ2v) is 6.57. The van der Waals surface area contributed by atoms with Crippen molar-refractivity contribution in [3.05, 3.63) is 83.4 Å². The van der Waals surface area contributed by atoms with Gasteiger partial charge < -0.3 is 10.4 Å². The Morgan fingerprint density at radius 2 is 1.65 bits per heavy atom. The number of anilines is 1. The third kappa shape index (κ3) is 4.21. The molecule has 0 aliphatic carbocycles. The second kappa shape index (κ2) is 7.44. The summed E-state index contributed by atoms with van der Waals surface area (Å²) in [5.74, 6) is 0.0947. The van der Waals surface area contributed by atoms with Crippen molar-refractivity contribution in [2.24, 2.45) is 0 Å². The highest BCUT2D eigenvalue weighted by Gasteiger charge is 2.05. The smallest absolute Gasteiger partial charge is 0.134 e. The molecule has 0 atom stereocenters. The standard InChI is InChI=1S/C19H16ClNOS/c20-17-12-15(10-11-18(17)22)21-13-14-6-4-5-9-19(14)23-16-7-2-1-3-8-16/h1-12,21-22H,13H2. The maximum absolute atomic E-state index is 9.47. The maximum atomic E-state index is 9.47. The molecule has 0 saturated carbocycles. The lowest BCUT2D eigenvalue weighted by Crippen LogP contribution is -2.00. The van der Waals surface area contributed by atoms with Crippen LogP contribution in [0.4, 0.5) is 5.69 Å². The molecule has 3 aromatic carbocycles. The second-order valence-electron chi connectivity index (χ2n) is 5.04. The molecule has 0 spiro atoms. The molecule has 23 heavy (non-hydrogen) atoms. The largest absolute Gasteiger partial charge is 0.506 e. The molecule has 0 fully saturated rings. The summed E-state index contributed by atoms with van der Waals surface area (Å²) in [6, 6.07) is 23.8. The van der Waals surface area contributed by atoms with Crippen molar-refractivity contribution in [1.29, 1.82) is 0 Å². The Bertz CT molecular complexity index is 792. The van der Waals surface area contributed by atoms with Crippen LogP contribution >= 0.6 is 23.4 Å². The summed E-state index contributed by atoms with van der Waals surface area (Å²) >= 11 is 7.69. The molecular weight excluding hydrogens is 326 g/mol. The van der Waals surface area contributed by atoms with E-state index in [2.05, 4.69) is 29.6 Å². The number of phenolic OH excluding ortho intramolecular Hbond substituents is 1. The number of halogens is 1. The molecule has 2 N–H and O–H groups in total. The highest BCUT2D eigenvalue weighted by Crippen LogP contribution is 2.31. The molecule has 116 valence electrons. The lowest BCUT2D eigenvalue weighted by Gasteiger charge is -2.12. The van der Waals surface area contributed by atoms with E-state index in [1.54, 1.807) is 23.9 Å². The van der Waals surface area contributed by atoms with Crippen molar-refractivity contribution in [1.82, 2.24) is 0 Å². The van der Waals surface area contributed by atoms with Crippen molar-refractivity contribution in [3.63, 3.8) is 0 Å². The molecule has 0 aliphatic rings. The van der Waals surface area contributed by atoms with Gasteiger partial charge in [0, 0.05) is 22.0 Å². The Labute approximate surface area is 145 Å². The number of hydrogen-bond donors (Lipinski definition) is 2. The van der Waals surface area contributed by atoms with Crippen LogP contribution in [-0.2, 0) is 6.54 Å². The van der Waals surface area contributed by atoms with Crippen molar-refractivity contribution >= 4 is 29.1 Å². The summed E-state index contributed by atoms with van der Waals surface area (Å²) in [5, 5.41) is 13.2. The van der Waals surface area contributed by atoms with Crippen molar-refractivity contribution in [2.75, 3.05) is 5.32 Å². The Kier molecular flexibility index (Phi) is 5.11. The quantitative estimate of drug-likeness (QED) is 0.574. The van der Waals surface area contributed by atoms with Gasteiger partial charge in [-0.3, -0.25) is 0 Å². The van der Waals surface area contributed by atoms with E-state index in [0.717, 1.165) is 5.69 Å². The Balaban J connectivity index is 1.74. The van der Waals surface area contributed by atoms with E-state index in [4.69, 9.17) is 11.6 Å². The molecule has 0 saturated heterocycles. The zero-order valence-electron chi connectivity index (χ0n) is 12.4. The van der Waals surface area contributed by atoms with E-state index in [-0.39, 0.29) is 5.75 Å². The summed E-state index contributed by atoms with van der Waals surface area (Å²) in [6.45, 7) is 0.692. The van der Waals surface area contributed by atoms with Crippen molar-refractivity contribution in [2.45, 2.75) is 16.3 Å². The lowest BCUT2D eigenvalue weighted by atomic mass is 10.2. The summed E-state index contributed by atoms with van der Waals surface area (Å²) in [4.78, 5) is 2.43. The number of benzene rings is 3. The minimum atomic E-state index is 0.0947. The molecule has 0 aliphatic heterocycles. The van der Waals surface area contributed by atoms with Crippen LogP contribution in [-0.4, -0.2) is 5.11 Å². The number of phenols is 1. The molecule has 0 bridgehead atoms. The fourth-order valence-electron chi connectivity index (χ4n) is 2.18. The molecule has 0 amide bonds. The van der Waals surface area contributed by atoms with Gasteiger partial charge in [0.25, 0.3) is 0 Å². The van der Waals surface area contributed by atoms with Gasteiger partial charge in [0.1, 0.15) is 5.75 Å². The van der Waals surface area contributed by atoms with E-state index in [9.17, 15) is 5.11 Å². The number of nitrogens with one attached hydrogen (secondary N) is 1. The maximum Gasteiger partial charge on any atom is 0.134 e. The predicted octanol–water partition coefficient (Wildman–Crippen LogP) is 5.81. The van der Waals surface area contributed by atoms with Gasteiger partial charge in [-0.05, 0) is 42.0 Å². The molecular formula is C19H16ClNOS. The van der Waals surface area contributed by atoms with Crippen LogP contribution in [0.15, 0.2) is 82.6 Å². The van der Waals surface area contributed by atoms with Crippen molar-refractivity contribution < 1.29 is 5.11 Å². The van der Waals surface area contributed by atoms with Crippen molar-refractivity contribution in [3.8, 4) is 5.75 Å². The molecule has 0 radical (unpaired) electrons. The minimum Gasteiger partial charge on any atom is -0.506 e. The molecule has 3 aromatic rings. The molecule has 2 nitrogen and oxygen atoms in total. The van der Waals surface area contributed by atoms with Crippen LogP contribution in [0.2, 0.25) is 5.02 Å². The van der Waals surface area contributed by atoms with Crippen LogP contribution in [0.1, 0.15) is 5.56 Å². The highest BCUT2D eigenvalue weighted by molar-refractivity contribution is 7.99. The van der Waals surface area contributed by atoms with Gasteiger partial charge in [0.05, 0.1) is 5.02 Å². The van der Waals surface area contributed by atoms with Crippen LogP contribution in [0.25, 0.3) is 0 Å². The monoisotopic (exact) mass is 341 g/mol. The zero-order chi connectivity index (χ0) is 16.1. The summed E-state index contributed by atoms with van der Waals surface area (Å²) in [5.41, 5.74) is 2.10. The van der Waals surface area contributed by atoms with Crippen LogP contribution in [0, 0.1) is 0 Å². The Hall–Kier alpha value is -2.10. The Morgan fingerprint density at radius 1 is 0.913 bits per heavy atom. The van der Waals surface area contributed by atoms with Crippen LogP contribution < -0.4 is 5.32 Å². The average molecular weight is 342 g/mol. The van der Waals surface area contributed by atoms with Gasteiger partial charge in [0.2, 0.25) is 0 Å². The normalized spacial score (nSPS) is 10.5. The number of aromatic hydroxyl groups is 1. The van der Waals surface area contributed by atoms with E-state index in [0.29, 0.717) is 11.6 Å². The number of rotatable bonds is 5. The first kappa shape index (κ1) is 15.8. The van der Waals surface area contributed by atoms with E-state index >= 15 is 0 Å². The molecule has 0 aromatic heterocycles. The van der Waals surface area contributed by atoms with Crippen LogP contribution in [0.5, 0.6) is 5.75 Å². The van der Waals surface area contributed by atoms with Gasteiger partial charge >= 0.3 is 0 Å². The SMILES string of the molecule is Oc1ccc(NCc2ccccc2Sc2ccccc2)cc1Cl. The van der Waals surface area contributed by atoms with Crippen LogP contribution in [0.3, 0.4) is 0 Å². The fourth-order valence-corrected chi connectivity index (χ4v) is 3.32. The molecule has 3 rings (SSSR count). The van der Waals surface area contributed by atoms with E-state index in [1.165, 1.54) is 15.4 Å². The number of hydrogen-bond acceptors (Lipinski definition) is 3. The van der Waals surface area contributed by atoms with Gasteiger partial charge in [0.15, 0.2) is 0 Å². The first-order chi connectivity index (χ1) is 11.2. The molecule has 0 heterocycles. The highest BCUT2D eigenvalue weighted by atomic mass is 35.5. The average Bonchev–Trinajstić information content (AvgIpc) is 2.58. The molecule has 4 heteroatoms. The van der Waals surface area contributed by atoms with Gasteiger partial charge in [-0.15, -0.1) is 0 Å². The summed E-state index contributed by atoms with van der Waals surface area (Å²) in [7, 11) is 0.